The van der Waals surface area contributed by atoms with Crippen molar-refractivity contribution in [1.82, 2.24) is 15.3 Å². The van der Waals surface area contributed by atoms with Crippen LogP contribution in [-0.2, 0) is 0 Å². The van der Waals surface area contributed by atoms with Gasteiger partial charge in [0.2, 0.25) is 0 Å². The molecule has 0 saturated heterocycles. The zero-order chi connectivity index (χ0) is 9.80. The van der Waals surface area contributed by atoms with Crippen molar-refractivity contribution in [3.05, 3.63) is 18.5 Å². The lowest BCUT2D eigenvalue weighted by atomic mass is 9.82. The Morgan fingerprint density at radius 3 is 2.79 bits per heavy atom. The summed E-state index contributed by atoms with van der Waals surface area (Å²) in [6.07, 6.45) is 5.94. The molecular formula is C10H15N3O. The van der Waals surface area contributed by atoms with Crippen LogP contribution in [0.5, 0.6) is 6.01 Å². The van der Waals surface area contributed by atoms with E-state index >= 15 is 0 Å². The summed E-state index contributed by atoms with van der Waals surface area (Å²) in [4.78, 5) is 8.05. The van der Waals surface area contributed by atoms with Gasteiger partial charge in [-0.3, -0.25) is 0 Å². The van der Waals surface area contributed by atoms with Crippen LogP contribution in [0.15, 0.2) is 18.5 Å². The fourth-order valence-corrected chi connectivity index (χ4v) is 1.72. The van der Waals surface area contributed by atoms with E-state index in [1.165, 1.54) is 0 Å². The van der Waals surface area contributed by atoms with Crippen molar-refractivity contribution in [2.75, 3.05) is 13.6 Å². The molecule has 1 N–H and O–H groups in total. The minimum Gasteiger partial charge on any atom is -0.460 e. The van der Waals surface area contributed by atoms with E-state index in [0.29, 0.717) is 12.1 Å². The maximum Gasteiger partial charge on any atom is 0.316 e. The third-order valence-corrected chi connectivity index (χ3v) is 2.50. The fraction of sp³-hybridized carbons (Fsp3) is 0.600. The molecule has 1 fully saturated rings. The van der Waals surface area contributed by atoms with E-state index in [0.717, 1.165) is 25.3 Å². The van der Waals surface area contributed by atoms with Crippen LogP contribution in [-0.4, -0.2) is 29.7 Å². The summed E-state index contributed by atoms with van der Waals surface area (Å²) in [6, 6.07) is 2.29. The average molecular weight is 193 g/mol. The summed E-state index contributed by atoms with van der Waals surface area (Å²) in [5.41, 5.74) is 0. The van der Waals surface area contributed by atoms with Gasteiger partial charge in [0, 0.05) is 12.4 Å². The quantitative estimate of drug-likeness (QED) is 0.770. The largest absolute Gasteiger partial charge is 0.460 e. The Morgan fingerprint density at radius 2 is 2.14 bits per heavy atom. The Bertz CT molecular complexity index is 272. The zero-order valence-electron chi connectivity index (χ0n) is 8.31. The van der Waals surface area contributed by atoms with Gasteiger partial charge in [0.15, 0.2) is 0 Å². The second-order valence-electron chi connectivity index (χ2n) is 3.67. The summed E-state index contributed by atoms with van der Waals surface area (Å²) in [7, 11) is 1.98. The van der Waals surface area contributed by atoms with Gasteiger partial charge in [-0.25, -0.2) is 9.97 Å². The van der Waals surface area contributed by atoms with Gasteiger partial charge >= 0.3 is 6.01 Å². The molecule has 0 spiro atoms. The first-order valence-electron chi connectivity index (χ1n) is 4.96. The van der Waals surface area contributed by atoms with Crippen molar-refractivity contribution in [1.29, 1.82) is 0 Å². The number of hydrogen-bond acceptors (Lipinski definition) is 4. The predicted molar refractivity (Wildman–Crippen MR) is 53.1 cm³/mol. The van der Waals surface area contributed by atoms with Gasteiger partial charge in [0.05, 0.1) is 0 Å². The van der Waals surface area contributed by atoms with E-state index in [-0.39, 0.29) is 0 Å². The molecule has 1 heterocycles. The van der Waals surface area contributed by atoms with E-state index in [1.807, 2.05) is 7.05 Å². The minimum absolute atomic E-state index is 0.316. The molecule has 0 aliphatic heterocycles. The van der Waals surface area contributed by atoms with Crippen molar-refractivity contribution in [3.8, 4) is 6.01 Å². The van der Waals surface area contributed by atoms with E-state index in [1.54, 1.807) is 18.5 Å². The highest BCUT2D eigenvalue weighted by Crippen LogP contribution is 2.29. The molecule has 1 aromatic heterocycles. The van der Waals surface area contributed by atoms with Gasteiger partial charge in [0.25, 0.3) is 0 Å². The Morgan fingerprint density at radius 1 is 1.43 bits per heavy atom. The van der Waals surface area contributed by atoms with E-state index in [2.05, 4.69) is 15.3 Å². The first-order valence-corrected chi connectivity index (χ1v) is 4.96. The summed E-state index contributed by atoms with van der Waals surface area (Å²) in [5, 5.41) is 3.17. The maximum absolute atomic E-state index is 5.58. The van der Waals surface area contributed by atoms with E-state index < -0.39 is 0 Å². The van der Waals surface area contributed by atoms with Crippen LogP contribution in [0.1, 0.15) is 12.8 Å². The number of nitrogens with one attached hydrogen (secondary N) is 1. The molecule has 4 nitrogen and oxygen atoms in total. The van der Waals surface area contributed by atoms with Crippen molar-refractivity contribution in [2.24, 2.45) is 5.92 Å². The molecule has 14 heavy (non-hydrogen) atoms. The maximum atomic E-state index is 5.58. The minimum atomic E-state index is 0.316. The SMILES string of the molecule is CNCC1CC(Oc2ncccn2)C1. The molecule has 0 bridgehead atoms. The lowest BCUT2D eigenvalue weighted by molar-refractivity contribution is 0.0573. The summed E-state index contributed by atoms with van der Waals surface area (Å²) in [5.74, 6) is 0.758. The highest BCUT2D eigenvalue weighted by molar-refractivity contribution is 4.96. The number of hydrogen-bond donors (Lipinski definition) is 1. The fourth-order valence-electron chi connectivity index (χ4n) is 1.72. The standard InChI is InChI=1S/C10H15N3O/c1-11-7-8-5-9(6-8)14-10-12-3-2-4-13-10/h2-4,8-9,11H,5-7H2,1H3. The highest BCUT2D eigenvalue weighted by Gasteiger charge is 2.30. The molecule has 1 saturated carbocycles. The van der Waals surface area contributed by atoms with E-state index in [4.69, 9.17) is 4.74 Å². The summed E-state index contributed by atoms with van der Waals surface area (Å²) < 4.78 is 5.58. The van der Waals surface area contributed by atoms with Crippen molar-refractivity contribution < 1.29 is 4.74 Å². The number of aromatic nitrogens is 2. The Labute approximate surface area is 83.7 Å². The first-order chi connectivity index (χ1) is 6.88. The molecule has 1 aromatic rings. The number of nitrogens with zero attached hydrogens (tertiary/aromatic N) is 2. The molecule has 0 aromatic carbocycles. The molecule has 1 aliphatic carbocycles. The third kappa shape index (κ3) is 2.20. The molecule has 0 amide bonds. The van der Waals surface area contributed by atoms with Gasteiger partial charge in [-0.1, -0.05) is 0 Å². The Balaban J connectivity index is 1.74. The zero-order valence-corrected chi connectivity index (χ0v) is 8.31. The van der Waals surface area contributed by atoms with Gasteiger partial charge in [0.1, 0.15) is 6.10 Å². The number of ether oxygens (including phenoxy) is 1. The van der Waals surface area contributed by atoms with Gasteiger partial charge < -0.3 is 10.1 Å². The topological polar surface area (TPSA) is 47.0 Å². The normalized spacial score (nSPS) is 25.5. The molecule has 76 valence electrons. The summed E-state index contributed by atoms with van der Waals surface area (Å²) in [6.45, 7) is 1.08. The second-order valence-corrected chi connectivity index (χ2v) is 3.67. The average Bonchev–Trinajstić information content (AvgIpc) is 2.16. The lowest BCUT2D eigenvalue weighted by Crippen LogP contribution is -2.38. The molecule has 0 unspecified atom stereocenters. The van der Waals surface area contributed by atoms with Crippen LogP contribution < -0.4 is 10.1 Å². The van der Waals surface area contributed by atoms with Crippen LogP contribution >= 0.6 is 0 Å². The molecule has 2 rings (SSSR count). The monoisotopic (exact) mass is 193 g/mol. The van der Waals surface area contributed by atoms with Gasteiger partial charge in [-0.05, 0) is 38.4 Å². The molecule has 4 heteroatoms. The lowest BCUT2D eigenvalue weighted by Gasteiger charge is -2.34. The van der Waals surface area contributed by atoms with Crippen LogP contribution in [0.2, 0.25) is 0 Å². The highest BCUT2D eigenvalue weighted by atomic mass is 16.5. The van der Waals surface area contributed by atoms with Crippen LogP contribution in [0, 0.1) is 5.92 Å². The van der Waals surface area contributed by atoms with Crippen molar-refractivity contribution >= 4 is 0 Å². The smallest absolute Gasteiger partial charge is 0.316 e. The Kier molecular flexibility index (Phi) is 2.93. The van der Waals surface area contributed by atoms with Gasteiger partial charge in [-0.2, -0.15) is 0 Å². The molecule has 0 atom stereocenters. The Hall–Kier alpha value is -1.16. The summed E-state index contributed by atoms with van der Waals surface area (Å²) >= 11 is 0. The third-order valence-electron chi connectivity index (χ3n) is 2.50. The second kappa shape index (κ2) is 4.37. The van der Waals surface area contributed by atoms with Crippen molar-refractivity contribution in [2.45, 2.75) is 18.9 Å². The first kappa shape index (κ1) is 9.40. The van der Waals surface area contributed by atoms with Crippen LogP contribution in [0.4, 0.5) is 0 Å². The predicted octanol–water partition coefficient (Wildman–Crippen LogP) is 0.853. The molecular weight excluding hydrogens is 178 g/mol. The molecule has 1 aliphatic rings. The number of rotatable bonds is 4. The van der Waals surface area contributed by atoms with Gasteiger partial charge in [-0.15, -0.1) is 0 Å². The van der Waals surface area contributed by atoms with E-state index in [9.17, 15) is 0 Å². The van der Waals surface area contributed by atoms with Crippen LogP contribution in [0.25, 0.3) is 0 Å². The van der Waals surface area contributed by atoms with Crippen LogP contribution in [0.3, 0.4) is 0 Å². The molecule has 0 radical (unpaired) electrons. The van der Waals surface area contributed by atoms with Crippen molar-refractivity contribution in [3.63, 3.8) is 0 Å².